The molecule has 3 rings (SSSR count). The zero-order valence-electron chi connectivity index (χ0n) is 14.8. The van der Waals surface area contributed by atoms with E-state index in [1.165, 1.54) is 6.07 Å². The summed E-state index contributed by atoms with van der Waals surface area (Å²) in [5.41, 5.74) is 4.34. The van der Waals surface area contributed by atoms with Gasteiger partial charge in [-0.15, -0.1) is 0 Å². The Labute approximate surface area is 203 Å². The lowest BCUT2D eigenvalue weighted by atomic mass is 10.2. The molecule has 0 bridgehead atoms. The lowest BCUT2D eigenvalue weighted by Gasteiger charge is -2.12. The summed E-state index contributed by atoms with van der Waals surface area (Å²) in [5.74, 6) is 0.108. The molecule has 1 amide bonds. The van der Waals surface area contributed by atoms with Crippen LogP contribution in [-0.2, 0) is 6.61 Å². The summed E-state index contributed by atoms with van der Waals surface area (Å²) < 4.78 is 22.2. The third-order valence-corrected chi connectivity index (χ3v) is 5.97. The van der Waals surface area contributed by atoms with E-state index in [2.05, 4.69) is 71.6 Å². The van der Waals surface area contributed by atoms with E-state index >= 15 is 0 Å². The van der Waals surface area contributed by atoms with Gasteiger partial charge < -0.3 is 4.74 Å². The lowest BCUT2D eigenvalue weighted by molar-refractivity contribution is 0.0955. The van der Waals surface area contributed by atoms with Gasteiger partial charge in [-0.1, -0.05) is 34.1 Å². The number of hydrogen-bond acceptors (Lipinski definition) is 3. The maximum absolute atomic E-state index is 13.8. The van der Waals surface area contributed by atoms with Crippen molar-refractivity contribution in [1.82, 2.24) is 5.43 Å². The van der Waals surface area contributed by atoms with Gasteiger partial charge in [0.15, 0.2) is 0 Å². The Balaban J connectivity index is 1.65. The molecule has 0 saturated heterocycles. The van der Waals surface area contributed by atoms with Crippen LogP contribution in [0.1, 0.15) is 21.5 Å². The van der Waals surface area contributed by atoms with Crippen molar-refractivity contribution in [2.75, 3.05) is 0 Å². The molecule has 0 aliphatic heterocycles. The Morgan fingerprint density at radius 1 is 1.10 bits per heavy atom. The number of nitrogens with zero attached hydrogens (tertiary/aromatic N) is 1. The number of benzene rings is 3. The first-order valence-electron chi connectivity index (χ1n) is 8.38. The molecule has 148 valence electrons. The van der Waals surface area contributed by atoms with Crippen molar-refractivity contribution in [3.8, 4) is 5.75 Å². The average molecular weight is 679 g/mol. The first kappa shape index (κ1) is 22.2. The van der Waals surface area contributed by atoms with Crippen molar-refractivity contribution in [3.05, 3.63) is 94.8 Å². The summed E-state index contributed by atoms with van der Waals surface area (Å²) in [6.45, 7) is 0.148. The molecule has 0 spiro atoms. The summed E-state index contributed by atoms with van der Waals surface area (Å²) in [7, 11) is 0. The van der Waals surface area contributed by atoms with Crippen LogP contribution in [0.25, 0.3) is 0 Å². The van der Waals surface area contributed by atoms with Crippen LogP contribution in [0.15, 0.2) is 70.2 Å². The molecule has 3 aromatic carbocycles. The number of carbonyl (C=O) groups excluding carboxylic acids is 1. The summed E-state index contributed by atoms with van der Waals surface area (Å²) in [6, 6.07) is 17.3. The van der Waals surface area contributed by atoms with Gasteiger partial charge in [0.05, 0.1) is 13.4 Å². The monoisotopic (exact) mass is 678 g/mol. The highest BCUT2D eigenvalue weighted by atomic mass is 127. The largest absolute Gasteiger partial charge is 0.487 e. The molecular weight excluding hydrogens is 665 g/mol. The quantitative estimate of drug-likeness (QED) is 0.194. The van der Waals surface area contributed by atoms with Crippen molar-refractivity contribution in [2.45, 2.75) is 6.61 Å². The molecule has 0 unspecified atom stereocenters. The van der Waals surface area contributed by atoms with E-state index in [9.17, 15) is 9.18 Å². The Morgan fingerprint density at radius 3 is 2.41 bits per heavy atom. The average Bonchev–Trinajstić information content (AvgIpc) is 2.69. The molecule has 0 radical (unpaired) electrons. The van der Waals surface area contributed by atoms with E-state index in [4.69, 9.17) is 4.74 Å². The molecular formula is C21H14BrFI2N2O2. The zero-order chi connectivity index (χ0) is 20.8. The Kier molecular flexibility index (Phi) is 8.01. The van der Waals surface area contributed by atoms with Gasteiger partial charge in [0.1, 0.15) is 18.2 Å². The smallest absolute Gasteiger partial charge is 0.271 e. The fraction of sp³-hybridized carbons (Fsp3) is 0.0476. The summed E-state index contributed by atoms with van der Waals surface area (Å²) in [5, 5.41) is 4.02. The third kappa shape index (κ3) is 6.22. The first-order chi connectivity index (χ1) is 13.9. The maximum atomic E-state index is 13.8. The SMILES string of the molecule is O=C(N/N=C/c1cc(I)c(OCc2ccccc2F)c(I)c1)c1ccc(Br)cc1. The van der Waals surface area contributed by atoms with E-state index in [0.29, 0.717) is 16.9 Å². The van der Waals surface area contributed by atoms with E-state index in [1.54, 1.807) is 48.7 Å². The lowest BCUT2D eigenvalue weighted by Crippen LogP contribution is -2.17. The van der Waals surface area contributed by atoms with Gasteiger partial charge in [0, 0.05) is 15.6 Å². The van der Waals surface area contributed by atoms with Crippen molar-refractivity contribution in [2.24, 2.45) is 5.10 Å². The zero-order valence-corrected chi connectivity index (χ0v) is 20.7. The second-order valence-corrected chi connectivity index (χ2v) is 9.14. The minimum Gasteiger partial charge on any atom is -0.487 e. The number of rotatable bonds is 6. The summed E-state index contributed by atoms with van der Waals surface area (Å²) in [4.78, 5) is 12.1. The third-order valence-electron chi connectivity index (χ3n) is 3.84. The van der Waals surface area contributed by atoms with Crippen molar-refractivity contribution >= 4 is 73.2 Å². The fourth-order valence-corrected chi connectivity index (χ4v) is 4.78. The Bertz CT molecular complexity index is 1040. The van der Waals surface area contributed by atoms with Crippen LogP contribution in [0.5, 0.6) is 5.75 Å². The van der Waals surface area contributed by atoms with Crippen molar-refractivity contribution in [3.63, 3.8) is 0 Å². The second kappa shape index (κ2) is 10.5. The van der Waals surface area contributed by atoms with Crippen LogP contribution in [0, 0.1) is 13.0 Å². The van der Waals surface area contributed by atoms with Gasteiger partial charge in [-0.25, -0.2) is 9.82 Å². The highest BCUT2D eigenvalue weighted by Crippen LogP contribution is 2.29. The predicted molar refractivity (Wildman–Crippen MR) is 132 cm³/mol. The Morgan fingerprint density at radius 2 is 1.76 bits per heavy atom. The standard InChI is InChI=1S/C21H14BrFI2N2O2/c22-16-7-5-14(6-8-16)21(28)27-26-11-13-9-18(24)20(19(25)10-13)29-12-15-3-1-2-4-17(15)23/h1-11H,12H2,(H,27,28)/b26-11+. The molecule has 1 N–H and O–H groups in total. The Hall–Kier alpha value is -1.53. The van der Waals surface area contributed by atoms with Crippen LogP contribution in [0.2, 0.25) is 0 Å². The first-order valence-corrected chi connectivity index (χ1v) is 11.3. The number of nitrogens with one attached hydrogen (secondary N) is 1. The van der Waals surface area contributed by atoms with Crippen LogP contribution in [0.3, 0.4) is 0 Å². The maximum Gasteiger partial charge on any atom is 0.271 e. The molecule has 0 saturated carbocycles. The summed E-state index contributed by atoms with van der Waals surface area (Å²) >= 11 is 7.66. The van der Waals surface area contributed by atoms with E-state index in [-0.39, 0.29) is 18.3 Å². The van der Waals surface area contributed by atoms with Crippen LogP contribution < -0.4 is 10.2 Å². The van der Waals surface area contributed by atoms with Gasteiger partial charge in [-0.3, -0.25) is 4.79 Å². The molecule has 0 aliphatic rings. The van der Waals surface area contributed by atoms with Gasteiger partial charge in [-0.2, -0.15) is 5.10 Å². The topological polar surface area (TPSA) is 50.7 Å². The number of hydrogen-bond donors (Lipinski definition) is 1. The highest BCUT2D eigenvalue weighted by Gasteiger charge is 2.10. The van der Waals surface area contributed by atoms with Crippen LogP contribution in [-0.4, -0.2) is 12.1 Å². The molecule has 0 atom stereocenters. The normalized spacial score (nSPS) is 10.9. The number of ether oxygens (including phenoxy) is 1. The number of halogens is 4. The number of carbonyl (C=O) groups is 1. The van der Waals surface area contributed by atoms with Gasteiger partial charge >= 0.3 is 0 Å². The van der Waals surface area contributed by atoms with Crippen LogP contribution in [0.4, 0.5) is 4.39 Å². The van der Waals surface area contributed by atoms with Gasteiger partial charge in [-0.05, 0) is 93.2 Å². The molecule has 0 heterocycles. The molecule has 29 heavy (non-hydrogen) atoms. The number of amides is 1. The molecule has 3 aromatic rings. The minimum atomic E-state index is -0.289. The van der Waals surface area contributed by atoms with Crippen molar-refractivity contribution < 1.29 is 13.9 Å². The highest BCUT2D eigenvalue weighted by molar-refractivity contribution is 14.1. The summed E-state index contributed by atoms with van der Waals surface area (Å²) in [6.07, 6.45) is 1.57. The fourth-order valence-electron chi connectivity index (χ4n) is 2.39. The molecule has 0 aromatic heterocycles. The van der Waals surface area contributed by atoms with E-state index < -0.39 is 0 Å². The second-order valence-electron chi connectivity index (χ2n) is 5.90. The van der Waals surface area contributed by atoms with Crippen LogP contribution >= 0.6 is 61.1 Å². The van der Waals surface area contributed by atoms with Crippen molar-refractivity contribution in [1.29, 1.82) is 0 Å². The van der Waals surface area contributed by atoms with E-state index in [0.717, 1.165) is 17.2 Å². The molecule has 0 fully saturated rings. The molecule has 4 nitrogen and oxygen atoms in total. The minimum absolute atomic E-state index is 0.148. The van der Waals surface area contributed by atoms with Gasteiger partial charge in [0.2, 0.25) is 0 Å². The van der Waals surface area contributed by atoms with E-state index in [1.807, 2.05) is 12.1 Å². The molecule has 0 aliphatic carbocycles. The molecule has 8 heteroatoms. The predicted octanol–water partition coefficient (Wildman–Crippen LogP) is 6.14. The number of hydrazone groups is 1. The van der Waals surface area contributed by atoms with Gasteiger partial charge in [0.25, 0.3) is 5.91 Å².